The third-order valence-corrected chi connectivity index (χ3v) is 3.11. The lowest BCUT2D eigenvalue weighted by atomic mass is 10.1. The second-order valence-corrected chi connectivity index (χ2v) is 4.98. The normalized spacial score (nSPS) is 12.7. The van der Waals surface area contributed by atoms with Crippen molar-refractivity contribution < 1.29 is 9.47 Å². The molecule has 0 aromatic heterocycles. The van der Waals surface area contributed by atoms with Gasteiger partial charge in [-0.15, -0.1) is 0 Å². The first kappa shape index (κ1) is 17.0. The van der Waals surface area contributed by atoms with Crippen molar-refractivity contribution in [2.45, 2.75) is 26.3 Å². The van der Waals surface area contributed by atoms with Crippen molar-refractivity contribution >= 4 is 0 Å². The van der Waals surface area contributed by atoms with Crippen LogP contribution in [0.1, 0.15) is 31.9 Å². The van der Waals surface area contributed by atoms with E-state index in [4.69, 9.17) is 15.2 Å². The predicted molar refractivity (Wildman–Crippen MR) is 83.1 cm³/mol. The van der Waals surface area contributed by atoms with Gasteiger partial charge in [-0.2, -0.15) is 0 Å². The van der Waals surface area contributed by atoms with Gasteiger partial charge in [0.25, 0.3) is 0 Å². The zero-order chi connectivity index (χ0) is 14.8. The molecule has 0 spiro atoms. The summed E-state index contributed by atoms with van der Waals surface area (Å²) in [6, 6.07) is 8.09. The van der Waals surface area contributed by atoms with Crippen LogP contribution in [-0.4, -0.2) is 44.9 Å². The maximum absolute atomic E-state index is 6.23. The van der Waals surface area contributed by atoms with Gasteiger partial charge in [-0.05, 0) is 38.1 Å². The van der Waals surface area contributed by atoms with Crippen molar-refractivity contribution in [3.05, 3.63) is 29.8 Å². The number of hydrogen-bond donors (Lipinski definition) is 1. The smallest absolute Gasteiger partial charge is 0.119 e. The van der Waals surface area contributed by atoms with E-state index in [0.717, 1.165) is 50.6 Å². The molecule has 0 radical (unpaired) electrons. The second kappa shape index (κ2) is 9.75. The zero-order valence-corrected chi connectivity index (χ0v) is 13.0. The molecule has 4 nitrogen and oxygen atoms in total. The monoisotopic (exact) mass is 280 g/mol. The maximum atomic E-state index is 6.23. The van der Waals surface area contributed by atoms with Gasteiger partial charge in [0.2, 0.25) is 0 Å². The molecule has 0 saturated heterocycles. The van der Waals surface area contributed by atoms with Crippen molar-refractivity contribution in [2.24, 2.45) is 5.73 Å². The molecular weight excluding hydrogens is 252 g/mol. The highest BCUT2D eigenvalue weighted by atomic mass is 16.5. The summed E-state index contributed by atoms with van der Waals surface area (Å²) in [6.45, 7) is 8.10. The van der Waals surface area contributed by atoms with Crippen LogP contribution in [-0.2, 0) is 4.74 Å². The Morgan fingerprint density at radius 2 is 1.85 bits per heavy atom. The molecule has 0 saturated carbocycles. The third-order valence-electron chi connectivity index (χ3n) is 3.11. The molecule has 0 aliphatic carbocycles. The Bertz CT molecular complexity index is 354. The molecule has 2 N–H and O–H groups in total. The van der Waals surface area contributed by atoms with Crippen LogP contribution in [0.2, 0.25) is 0 Å². The number of nitrogens with zero attached hydrogens (tertiary/aromatic N) is 1. The molecule has 1 rings (SSSR count). The SMILES string of the molecule is CCCOc1ccc(C(N)CN(C)CCOCC)cc1. The average molecular weight is 280 g/mol. The van der Waals surface area contributed by atoms with E-state index in [-0.39, 0.29) is 6.04 Å². The van der Waals surface area contributed by atoms with Crippen LogP contribution in [0.5, 0.6) is 5.75 Å². The molecule has 114 valence electrons. The van der Waals surface area contributed by atoms with Gasteiger partial charge in [-0.25, -0.2) is 0 Å². The lowest BCUT2D eigenvalue weighted by molar-refractivity contribution is 0.120. The van der Waals surface area contributed by atoms with Gasteiger partial charge in [0.15, 0.2) is 0 Å². The quantitative estimate of drug-likeness (QED) is 0.669. The highest BCUT2D eigenvalue weighted by molar-refractivity contribution is 5.29. The van der Waals surface area contributed by atoms with E-state index < -0.39 is 0 Å². The largest absolute Gasteiger partial charge is 0.494 e. The molecule has 1 aromatic carbocycles. The van der Waals surface area contributed by atoms with E-state index in [0.29, 0.717) is 0 Å². The summed E-state index contributed by atoms with van der Waals surface area (Å²) in [4.78, 5) is 2.20. The van der Waals surface area contributed by atoms with Crippen molar-refractivity contribution in [3.8, 4) is 5.75 Å². The fourth-order valence-electron chi connectivity index (χ4n) is 1.93. The van der Waals surface area contributed by atoms with Crippen LogP contribution in [0.3, 0.4) is 0 Å². The van der Waals surface area contributed by atoms with Gasteiger partial charge in [-0.1, -0.05) is 19.1 Å². The molecule has 1 unspecified atom stereocenters. The molecule has 0 bridgehead atoms. The summed E-state index contributed by atoms with van der Waals surface area (Å²) in [6.07, 6.45) is 1.02. The van der Waals surface area contributed by atoms with E-state index in [2.05, 4.69) is 18.9 Å². The van der Waals surface area contributed by atoms with E-state index in [1.807, 2.05) is 31.2 Å². The molecule has 0 aliphatic rings. The van der Waals surface area contributed by atoms with Crippen molar-refractivity contribution in [1.29, 1.82) is 0 Å². The van der Waals surface area contributed by atoms with Crippen LogP contribution in [0, 0.1) is 0 Å². The molecule has 0 heterocycles. The van der Waals surface area contributed by atoms with Crippen LogP contribution < -0.4 is 10.5 Å². The highest BCUT2D eigenvalue weighted by Crippen LogP contribution is 2.17. The van der Waals surface area contributed by atoms with Crippen molar-refractivity contribution in [1.82, 2.24) is 4.90 Å². The number of nitrogens with two attached hydrogens (primary N) is 1. The number of ether oxygens (including phenoxy) is 2. The number of benzene rings is 1. The maximum Gasteiger partial charge on any atom is 0.119 e. The Morgan fingerprint density at radius 3 is 2.45 bits per heavy atom. The Kier molecular flexibility index (Phi) is 8.26. The van der Waals surface area contributed by atoms with Gasteiger partial charge in [0.1, 0.15) is 5.75 Å². The lowest BCUT2D eigenvalue weighted by Crippen LogP contribution is -2.31. The average Bonchev–Trinajstić information content (AvgIpc) is 2.46. The molecule has 0 fully saturated rings. The Balaban J connectivity index is 2.40. The van der Waals surface area contributed by atoms with E-state index >= 15 is 0 Å². The first-order valence-corrected chi connectivity index (χ1v) is 7.42. The second-order valence-electron chi connectivity index (χ2n) is 4.98. The fraction of sp³-hybridized carbons (Fsp3) is 0.625. The summed E-state index contributed by atoms with van der Waals surface area (Å²) in [7, 11) is 2.07. The van der Waals surface area contributed by atoms with Gasteiger partial charge < -0.3 is 20.1 Å². The molecular formula is C16H28N2O2. The standard InChI is InChI=1S/C16H28N2O2/c1-4-11-20-15-8-6-14(7-9-15)16(17)13-18(3)10-12-19-5-2/h6-9,16H,4-5,10-13,17H2,1-3H3. The van der Waals surface area contributed by atoms with Crippen LogP contribution in [0.25, 0.3) is 0 Å². The molecule has 1 atom stereocenters. The number of likely N-dealkylation sites (N-methyl/N-ethyl adjacent to an activating group) is 1. The minimum absolute atomic E-state index is 0.0156. The Labute approximate surface area is 122 Å². The molecule has 1 aromatic rings. The first-order chi connectivity index (χ1) is 9.67. The fourth-order valence-corrected chi connectivity index (χ4v) is 1.93. The minimum Gasteiger partial charge on any atom is -0.494 e. The molecule has 0 amide bonds. The number of hydrogen-bond acceptors (Lipinski definition) is 4. The minimum atomic E-state index is 0.0156. The zero-order valence-electron chi connectivity index (χ0n) is 13.0. The lowest BCUT2D eigenvalue weighted by Gasteiger charge is -2.21. The third kappa shape index (κ3) is 6.37. The predicted octanol–water partition coefficient (Wildman–Crippen LogP) is 2.44. The summed E-state index contributed by atoms with van der Waals surface area (Å²) in [5, 5.41) is 0. The van der Waals surface area contributed by atoms with Crippen molar-refractivity contribution in [2.75, 3.05) is 40.0 Å². The summed E-state index contributed by atoms with van der Waals surface area (Å²) >= 11 is 0. The molecule has 4 heteroatoms. The van der Waals surface area contributed by atoms with Crippen molar-refractivity contribution in [3.63, 3.8) is 0 Å². The van der Waals surface area contributed by atoms with Crippen LogP contribution in [0.4, 0.5) is 0 Å². The van der Waals surface area contributed by atoms with E-state index in [1.165, 1.54) is 0 Å². The summed E-state index contributed by atoms with van der Waals surface area (Å²) in [5.74, 6) is 0.910. The topological polar surface area (TPSA) is 47.7 Å². The first-order valence-electron chi connectivity index (χ1n) is 7.42. The molecule has 0 aliphatic heterocycles. The van der Waals surface area contributed by atoms with Gasteiger partial charge in [-0.3, -0.25) is 0 Å². The van der Waals surface area contributed by atoms with E-state index in [9.17, 15) is 0 Å². The van der Waals surface area contributed by atoms with E-state index in [1.54, 1.807) is 0 Å². The number of rotatable bonds is 10. The van der Waals surface area contributed by atoms with Gasteiger partial charge in [0.05, 0.1) is 13.2 Å². The van der Waals surface area contributed by atoms with Gasteiger partial charge in [0, 0.05) is 25.7 Å². The van der Waals surface area contributed by atoms with Gasteiger partial charge >= 0.3 is 0 Å². The highest BCUT2D eigenvalue weighted by Gasteiger charge is 2.09. The molecule has 20 heavy (non-hydrogen) atoms. The van der Waals surface area contributed by atoms with Crippen LogP contribution in [0.15, 0.2) is 24.3 Å². The van der Waals surface area contributed by atoms with Crippen LogP contribution >= 0.6 is 0 Å². The Morgan fingerprint density at radius 1 is 1.15 bits per heavy atom. The summed E-state index contributed by atoms with van der Waals surface area (Å²) in [5.41, 5.74) is 7.36. The summed E-state index contributed by atoms with van der Waals surface area (Å²) < 4.78 is 10.9. The Hall–Kier alpha value is -1.10.